The van der Waals surface area contributed by atoms with Gasteiger partial charge in [-0.15, -0.1) is 0 Å². The number of rotatable bonds is 16. The number of unbranched alkanes of at least 4 members (excludes halogenated alkanes) is 11. The highest BCUT2D eigenvalue weighted by Gasteiger charge is 2.44. The predicted molar refractivity (Wildman–Crippen MR) is 109 cm³/mol. The second-order valence-electron chi connectivity index (χ2n) is 9.48. The lowest BCUT2D eigenvalue weighted by atomic mass is 9.78. The SMILES string of the molecule is CCCCCCCCCCCCCCC(C)(C)C(C(=O)O)[N+](C)(C)C. The summed E-state index contributed by atoms with van der Waals surface area (Å²) in [6.07, 6.45) is 17.2. The lowest BCUT2D eigenvalue weighted by Gasteiger charge is -2.41. The van der Waals surface area contributed by atoms with Crippen LogP contribution >= 0.6 is 0 Å². The van der Waals surface area contributed by atoms with Crippen LogP contribution in [0.2, 0.25) is 0 Å². The minimum atomic E-state index is -0.670. The molecule has 0 spiro atoms. The van der Waals surface area contributed by atoms with Gasteiger partial charge in [-0.2, -0.15) is 0 Å². The Kier molecular flexibility index (Phi) is 12.4. The van der Waals surface area contributed by atoms with Gasteiger partial charge in [-0.05, 0) is 6.42 Å². The summed E-state index contributed by atoms with van der Waals surface area (Å²) in [7, 11) is 5.97. The Labute approximate surface area is 157 Å². The molecule has 0 amide bonds. The number of likely N-dealkylation sites (N-methyl/N-ethyl adjacent to an activating group) is 1. The molecule has 0 aromatic heterocycles. The summed E-state index contributed by atoms with van der Waals surface area (Å²) in [6.45, 7) is 6.51. The van der Waals surface area contributed by atoms with E-state index in [1.165, 1.54) is 70.6 Å². The van der Waals surface area contributed by atoms with Crippen LogP contribution in [0.4, 0.5) is 0 Å². The van der Waals surface area contributed by atoms with Gasteiger partial charge in [0.1, 0.15) is 0 Å². The second kappa shape index (κ2) is 12.7. The Morgan fingerprint density at radius 1 is 0.800 bits per heavy atom. The first kappa shape index (κ1) is 24.4. The smallest absolute Gasteiger partial charge is 0.363 e. The standard InChI is InChI=1S/C22H45NO2/c1-7-8-9-10-11-12-13-14-15-16-17-18-19-22(2,3)20(21(24)25)23(4,5)6/h20H,7-19H2,1-6H3/p+1. The van der Waals surface area contributed by atoms with Gasteiger partial charge in [-0.25, -0.2) is 4.79 Å². The molecular weight excluding hydrogens is 310 g/mol. The van der Waals surface area contributed by atoms with E-state index in [9.17, 15) is 9.90 Å². The minimum absolute atomic E-state index is 0.164. The maximum atomic E-state index is 11.7. The Balaban J connectivity index is 3.78. The van der Waals surface area contributed by atoms with Crippen LogP contribution in [0.5, 0.6) is 0 Å². The zero-order chi connectivity index (χ0) is 19.3. The summed E-state index contributed by atoms with van der Waals surface area (Å²) < 4.78 is 0.487. The van der Waals surface area contributed by atoms with Crippen molar-refractivity contribution < 1.29 is 14.4 Å². The minimum Gasteiger partial charge on any atom is -0.477 e. The molecule has 3 nitrogen and oxygen atoms in total. The van der Waals surface area contributed by atoms with Crippen molar-refractivity contribution in [1.82, 2.24) is 0 Å². The highest BCUT2D eigenvalue weighted by molar-refractivity contribution is 5.73. The van der Waals surface area contributed by atoms with E-state index in [4.69, 9.17) is 0 Å². The molecule has 1 atom stereocenters. The number of hydrogen-bond acceptors (Lipinski definition) is 1. The Morgan fingerprint density at radius 3 is 1.48 bits per heavy atom. The number of carbonyl (C=O) groups is 1. The molecule has 0 aromatic rings. The molecule has 0 bridgehead atoms. The molecular formula is C22H46NO2+. The van der Waals surface area contributed by atoms with Gasteiger partial charge < -0.3 is 9.59 Å². The molecule has 0 aromatic carbocycles. The second-order valence-corrected chi connectivity index (χ2v) is 9.48. The number of quaternary nitrogens is 1. The monoisotopic (exact) mass is 356 g/mol. The molecule has 0 radical (unpaired) electrons. The summed E-state index contributed by atoms with van der Waals surface area (Å²) in [5, 5.41) is 9.62. The molecule has 0 heterocycles. The van der Waals surface area contributed by atoms with Crippen LogP contribution in [0, 0.1) is 5.41 Å². The van der Waals surface area contributed by atoms with Crippen LogP contribution < -0.4 is 0 Å². The zero-order valence-corrected chi connectivity index (χ0v) is 18.1. The molecule has 0 aliphatic heterocycles. The molecule has 1 N–H and O–H groups in total. The topological polar surface area (TPSA) is 37.3 Å². The average molecular weight is 357 g/mol. The Bertz CT molecular complexity index is 344. The van der Waals surface area contributed by atoms with E-state index in [0.29, 0.717) is 4.48 Å². The van der Waals surface area contributed by atoms with Crippen LogP contribution in [0.15, 0.2) is 0 Å². The third-order valence-electron chi connectivity index (χ3n) is 5.42. The lowest BCUT2D eigenvalue weighted by Crippen LogP contribution is -2.57. The maximum Gasteiger partial charge on any atom is 0.363 e. The van der Waals surface area contributed by atoms with E-state index in [0.717, 1.165) is 12.8 Å². The molecule has 1 unspecified atom stereocenters. The van der Waals surface area contributed by atoms with Gasteiger partial charge >= 0.3 is 5.97 Å². The van der Waals surface area contributed by atoms with Crippen molar-refractivity contribution in [2.24, 2.45) is 5.41 Å². The Morgan fingerprint density at radius 2 is 1.16 bits per heavy atom. The van der Waals surface area contributed by atoms with E-state index >= 15 is 0 Å². The van der Waals surface area contributed by atoms with Gasteiger partial charge in [0.05, 0.1) is 21.1 Å². The number of carboxylic acid groups (broad SMARTS) is 1. The molecule has 0 fully saturated rings. The number of aliphatic carboxylic acids is 1. The third-order valence-corrected chi connectivity index (χ3v) is 5.42. The third kappa shape index (κ3) is 11.6. The Hall–Kier alpha value is -0.570. The van der Waals surface area contributed by atoms with E-state index in [1.807, 2.05) is 21.1 Å². The zero-order valence-electron chi connectivity index (χ0n) is 18.1. The molecule has 3 heteroatoms. The van der Waals surface area contributed by atoms with Gasteiger partial charge in [0, 0.05) is 5.41 Å². The van der Waals surface area contributed by atoms with Crippen molar-refractivity contribution in [3.8, 4) is 0 Å². The normalized spacial score (nSPS) is 13.8. The summed E-state index contributed by atoms with van der Waals surface area (Å²) in [4.78, 5) is 11.7. The van der Waals surface area contributed by atoms with Crippen LogP contribution in [0.25, 0.3) is 0 Å². The molecule has 150 valence electrons. The van der Waals surface area contributed by atoms with E-state index in [2.05, 4.69) is 20.8 Å². The molecule has 0 saturated carbocycles. The molecule has 0 saturated heterocycles. The van der Waals surface area contributed by atoms with Crippen LogP contribution in [-0.2, 0) is 4.79 Å². The van der Waals surface area contributed by atoms with Crippen molar-refractivity contribution in [3.05, 3.63) is 0 Å². The van der Waals surface area contributed by atoms with E-state index in [1.54, 1.807) is 0 Å². The highest BCUT2D eigenvalue weighted by Crippen LogP contribution is 2.33. The largest absolute Gasteiger partial charge is 0.477 e. The molecule has 0 rings (SSSR count). The predicted octanol–water partition coefficient (Wildman–Crippen LogP) is 6.26. The number of carboxylic acids is 1. The fourth-order valence-corrected chi connectivity index (χ4v) is 4.27. The van der Waals surface area contributed by atoms with Crippen molar-refractivity contribution in [3.63, 3.8) is 0 Å². The first-order chi connectivity index (χ1) is 11.6. The van der Waals surface area contributed by atoms with Gasteiger partial charge in [0.25, 0.3) is 0 Å². The van der Waals surface area contributed by atoms with Crippen molar-refractivity contribution in [1.29, 1.82) is 0 Å². The summed E-state index contributed by atoms with van der Waals surface area (Å²) in [5.41, 5.74) is -0.164. The quantitative estimate of drug-likeness (QED) is 0.262. The van der Waals surface area contributed by atoms with Crippen LogP contribution in [0.3, 0.4) is 0 Å². The fraction of sp³-hybridized carbons (Fsp3) is 0.955. The van der Waals surface area contributed by atoms with Gasteiger partial charge in [0.15, 0.2) is 6.04 Å². The fourth-order valence-electron chi connectivity index (χ4n) is 4.27. The van der Waals surface area contributed by atoms with Gasteiger partial charge in [-0.1, -0.05) is 97.8 Å². The maximum absolute atomic E-state index is 11.7. The molecule has 25 heavy (non-hydrogen) atoms. The first-order valence-electron chi connectivity index (χ1n) is 10.7. The van der Waals surface area contributed by atoms with E-state index < -0.39 is 5.97 Å². The highest BCUT2D eigenvalue weighted by atomic mass is 16.4. The molecule has 0 aliphatic carbocycles. The van der Waals surface area contributed by atoms with Crippen molar-refractivity contribution in [2.75, 3.05) is 21.1 Å². The van der Waals surface area contributed by atoms with E-state index in [-0.39, 0.29) is 11.5 Å². The first-order valence-corrected chi connectivity index (χ1v) is 10.7. The summed E-state index contributed by atoms with van der Waals surface area (Å²) >= 11 is 0. The average Bonchev–Trinajstić information content (AvgIpc) is 2.45. The number of nitrogens with zero attached hydrogens (tertiary/aromatic N) is 1. The van der Waals surface area contributed by atoms with Crippen LogP contribution in [-0.4, -0.2) is 42.7 Å². The van der Waals surface area contributed by atoms with Gasteiger partial charge in [-0.3, -0.25) is 0 Å². The summed E-state index contributed by atoms with van der Waals surface area (Å²) in [5.74, 6) is -0.670. The molecule has 0 aliphatic rings. The van der Waals surface area contributed by atoms with Crippen LogP contribution in [0.1, 0.15) is 104 Å². The van der Waals surface area contributed by atoms with Crippen molar-refractivity contribution in [2.45, 2.75) is 110 Å². The van der Waals surface area contributed by atoms with Crippen molar-refractivity contribution >= 4 is 5.97 Å². The summed E-state index contributed by atoms with van der Waals surface area (Å²) in [6, 6.07) is -0.347. The number of hydrogen-bond donors (Lipinski definition) is 1. The van der Waals surface area contributed by atoms with Gasteiger partial charge in [0.2, 0.25) is 0 Å². The lowest BCUT2D eigenvalue weighted by molar-refractivity contribution is -0.894.